The first kappa shape index (κ1) is 16.0. The van der Waals surface area contributed by atoms with E-state index in [1.807, 2.05) is 25.3 Å². The van der Waals surface area contributed by atoms with Crippen molar-refractivity contribution in [1.29, 1.82) is 0 Å². The molecule has 8 heteroatoms. The fraction of sp³-hybridized carbons (Fsp3) is 0.571. The number of aryl methyl sites for hydroxylation is 2. The number of alkyl carbamates (subject to hydrolysis) is 1. The van der Waals surface area contributed by atoms with Gasteiger partial charge in [0.15, 0.2) is 5.82 Å². The normalized spacial score (nSPS) is 11.4. The van der Waals surface area contributed by atoms with Crippen molar-refractivity contribution >= 4 is 6.09 Å². The van der Waals surface area contributed by atoms with Crippen molar-refractivity contribution in [2.24, 2.45) is 0 Å². The molecule has 0 aliphatic rings. The third-order valence-corrected chi connectivity index (χ3v) is 2.83. The van der Waals surface area contributed by atoms with Crippen LogP contribution in [-0.2, 0) is 24.1 Å². The summed E-state index contributed by atoms with van der Waals surface area (Å²) in [5.74, 6) is 0.659. The van der Waals surface area contributed by atoms with Gasteiger partial charge in [0, 0.05) is 37.8 Å². The Labute approximate surface area is 128 Å². The SMILES string of the molecule is CC(C)(C)OC(=O)NCCc1cncn1CCc1ncon1. The number of ether oxygens (including phenoxy) is 1. The van der Waals surface area contributed by atoms with E-state index in [4.69, 9.17) is 9.26 Å². The fourth-order valence-electron chi connectivity index (χ4n) is 1.89. The fourth-order valence-corrected chi connectivity index (χ4v) is 1.89. The highest BCUT2D eigenvalue weighted by Gasteiger charge is 2.15. The summed E-state index contributed by atoms with van der Waals surface area (Å²) in [7, 11) is 0. The number of nitrogens with zero attached hydrogens (tertiary/aromatic N) is 4. The van der Waals surface area contributed by atoms with Crippen molar-refractivity contribution in [2.45, 2.75) is 45.8 Å². The quantitative estimate of drug-likeness (QED) is 0.870. The highest BCUT2D eigenvalue weighted by atomic mass is 16.6. The van der Waals surface area contributed by atoms with E-state index in [0.29, 0.717) is 31.8 Å². The molecule has 22 heavy (non-hydrogen) atoms. The third-order valence-electron chi connectivity index (χ3n) is 2.83. The Bertz CT molecular complexity index is 586. The summed E-state index contributed by atoms with van der Waals surface area (Å²) in [6.45, 7) is 6.70. The molecule has 120 valence electrons. The standard InChI is InChI=1S/C14H21N5O3/c1-14(2,3)22-13(20)16-6-4-11-8-15-9-19(11)7-5-12-17-10-21-18-12/h8-10H,4-7H2,1-3H3,(H,16,20). The van der Waals surface area contributed by atoms with Crippen molar-refractivity contribution in [3.05, 3.63) is 30.4 Å². The number of nitrogens with one attached hydrogen (secondary N) is 1. The predicted molar refractivity (Wildman–Crippen MR) is 78.2 cm³/mol. The Kier molecular flexibility index (Phi) is 5.13. The predicted octanol–water partition coefficient (Wildman–Crippen LogP) is 1.58. The van der Waals surface area contributed by atoms with Crippen molar-refractivity contribution in [1.82, 2.24) is 25.0 Å². The third kappa shape index (κ3) is 5.19. The maximum atomic E-state index is 11.6. The largest absolute Gasteiger partial charge is 0.444 e. The van der Waals surface area contributed by atoms with E-state index in [1.54, 1.807) is 12.5 Å². The van der Waals surface area contributed by atoms with E-state index in [0.717, 1.165) is 5.69 Å². The Hall–Kier alpha value is -2.38. The van der Waals surface area contributed by atoms with Gasteiger partial charge in [0.1, 0.15) is 5.60 Å². The maximum absolute atomic E-state index is 11.6. The molecule has 0 bridgehead atoms. The molecule has 0 aliphatic heterocycles. The molecule has 2 heterocycles. The van der Waals surface area contributed by atoms with Gasteiger partial charge in [-0.1, -0.05) is 5.16 Å². The highest BCUT2D eigenvalue weighted by molar-refractivity contribution is 5.67. The zero-order valence-corrected chi connectivity index (χ0v) is 13.1. The van der Waals surface area contributed by atoms with E-state index in [9.17, 15) is 4.79 Å². The van der Waals surface area contributed by atoms with Gasteiger partial charge >= 0.3 is 6.09 Å². The van der Waals surface area contributed by atoms with Crippen molar-refractivity contribution < 1.29 is 14.1 Å². The number of carbonyl (C=O) groups is 1. The maximum Gasteiger partial charge on any atom is 0.407 e. The molecule has 1 N–H and O–H groups in total. The molecule has 2 aromatic rings. The van der Waals surface area contributed by atoms with Gasteiger partial charge in [-0.25, -0.2) is 9.78 Å². The molecule has 2 aromatic heterocycles. The number of hydrogen-bond donors (Lipinski definition) is 1. The smallest absolute Gasteiger partial charge is 0.407 e. The Morgan fingerprint density at radius 1 is 1.41 bits per heavy atom. The lowest BCUT2D eigenvalue weighted by atomic mass is 10.2. The number of imidazole rings is 1. The summed E-state index contributed by atoms with van der Waals surface area (Å²) < 4.78 is 11.9. The molecule has 0 aliphatic carbocycles. The van der Waals surface area contributed by atoms with Crippen LogP contribution in [0.1, 0.15) is 32.3 Å². The van der Waals surface area contributed by atoms with E-state index in [-0.39, 0.29) is 0 Å². The van der Waals surface area contributed by atoms with Crippen LogP contribution in [0.4, 0.5) is 4.79 Å². The monoisotopic (exact) mass is 307 g/mol. The number of amides is 1. The van der Waals surface area contributed by atoms with Crippen LogP contribution in [0.25, 0.3) is 0 Å². The summed E-state index contributed by atoms with van der Waals surface area (Å²) in [4.78, 5) is 19.7. The zero-order chi connectivity index (χ0) is 16.0. The first-order valence-corrected chi connectivity index (χ1v) is 7.15. The minimum atomic E-state index is -0.490. The van der Waals surface area contributed by atoms with Gasteiger partial charge < -0.3 is 19.1 Å². The van der Waals surface area contributed by atoms with Gasteiger partial charge in [0.2, 0.25) is 6.39 Å². The Morgan fingerprint density at radius 3 is 2.91 bits per heavy atom. The second-order valence-electron chi connectivity index (χ2n) is 5.85. The summed E-state index contributed by atoms with van der Waals surface area (Å²) in [6.07, 6.45) is 5.78. The van der Waals surface area contributed by atoms with Crippen molar-refractivity contribution in [3.8, 4) is 0 Å². The average Bonchev–Trinajstić information content (AvgIpc) is 3.04. The van der Waals surface area contributed by atoms with E-state index in [1.165, 1.54) is 6.39 Å². The molecule has 0 aromatic carbocycles. The molecular formula is C14H21N5O3. The van der Waals surface area contributed by atoms with Crippen LogP contribution in [0.15, 0.2) is 23.4 Å². The lowest BCUT2D eigenvalue weighted by Gasteiger charge is -2.19. The van der Waals surface area contributed by atoms with Gasteiger partial charge in [0.05, 0.1) is 6.33 Å². The molecule has 0 radical (unpaired) electrons. The van der Waals surface area contributed by atoms with Gasteiger partial charge in [0.25, 0.3) is 0 Å². The van der Waals surface area contributed by atoms with Crippen LogP contribution in [0.3, 0.4) is 0 Å². The molecule has 0 atom stereocenters. The van der Waals surface area contributed by atoms with Crippen LogP contribution in [0.5, 0.6) is 0 Å². The van der Waals surface area contributed by atoms with Crippen molar-refractivity contribution in [2.75, 3.05) is 6.54 Å². The van der Waals surface area contributed by atoms with E-state index in [2.05, 4.69) is 20.4 Å². The molecule has 0 saturated heterocycles. The highest BCUT2D eigenvalue weighted by Crippen LogP contribution is 2.07. The summed E-state index contributed by atoms with van der Waals surface area (Å²) in [5, 5.41) is 6.50. The summed E-state index contributed by atoms with van der Waals surface area (Å²) in [5.41, 5.74) is 0.538. The van der Waals surface area contributed by atoms with Crippen LogP contribution < -0.4 is 5.32 Å². The molecule has 0 fully saturated rings. The molecule has 8 nitrogen and oxygen atoms in total. The van der Waals surface area contributed by atoms with Crippen LogP contribution in [0.2, 0.25) is 0 Å². The lowest BCUT2D eigenvalue weighted by molar-refractivity contribution is 0.0528. The average molecular weight is 307 g/mol. The van der Waals surface area contributed by atoms with Crippen LogP contribution >= 0.6 is 0 Å². The minimum absolute atomic E-state index is 0.412. The Balaban J connectivity index is 1.76. The second kappa shape index (κ2) is 7.06. The topological polar surface area (TPSA) is 95.1 Å². The molecule has 2 rings (SSSR count). The van der Waals surface area contributed by atoms with Gasteiger partial charge in [-0.15, -0.1) is 0 Å². The summed E-state index contributed by atoms with van der Waals surface area (Å²) >= 11 is 0. The van der Waals surface area contributed by atoms with Crippen molar-refractivity contribution in [3.63, 3.8) is 0 Å². The zero-order valence-electron chi connectivity index (χ0n) is 13.1. The minimum Gasteiger partial charge on any atom is -0.444 e. The molecular weight excluding hydrogens is 286 g/mol. The lowest BCUT2D eigenvalue weighted by Crippen LogP contribution is -2.33. The molecule has 0 spiro atoms. The van der Waals surface area contributed by atoms with Gasteiger partial charge in [-0.05, 0) is 20.8 Å². The molecule has 1 amide bonds. The number of aromatic nitrogens is 4. The van der Waals surface area contributed by atoms with E-state index < -0.39 is 11.7 Å². The number of hydrogen-bond acceptors (Lipinski definition) is 6. The number of rotatable bonds is 6. The van der Waals surface area contributed by atoms with E-state index >= 15 is 0 Å². The van der Waals surface area contributed by atoms with Gasteiger partial charge in [-0.2, -0.15) is 4.98 Å². The molecule has 0 saturated carbocycles. The van der Waals surface area contributed by atoms with Crippen LogP contribution in [-0.4, -0.2) is 37.9 Å². The summed E-state index contributed by atoms with van der Waals surface area (Å²) in [6, 6.07) is 0. The number of carbonyl (C=O) groups excluding carboxylic acids is 1. The first-order valence-electron chi connectivity index (χ1n) is 7.15. The first-order chi connectivity index (χ1) is 10.4. The molecule has 0 unspecified atom stereocenters. The van der Waals surface area contributed by atoms with Crippen LogP contribution in [0, 0.1) is 0 Å². The Morgan fingerprint density at radius 2 is 2.23 bits per heavy atom. The van der Waals surface area contributed by atoms with Gasteiger partial charge in [-0.3, -0.25) is 0 Å². The second-order valence-corrected chi connectivity index (χ2v) is 5.85.